The van der Waals surface area contributed by atoms with Crippen molar-refractivity contribution < 1.29 is 14.6 Å². The fraction of sp³-hybridized carbons (Fsp3) is 0.909. The second kappa shape index (κ2) is 7.94. The Morgan fingerprint density at radius 3 is 2.43 bits per heavy atom. The Morgan fingerprint density at radius 1 is 1.29 bits per heavy atom. The first kappa shape index (κ1) is 13.6. The molecule has 0 heterocycles. The predicted octanol–water partition coefficient (Wildman–Crippen LogP) is 1.78. The van der Waals surface area contributed by atoms with Crippen LogP contribution in [0, 0.1) is 5.92 Å². The lowest BCUT2D eigenvalue weighted by Gasteiger charge is -2.25. The quantitative estimate of drug-likeness (QED) is 0.546. The Bertz CT molecular complexity index is 139. The number of carbonyl (C=O) groups excluding carboxylic acids is 1. The summed E-state index contributed by atoms with van der Waals surface area (Å²) in [6.07, 6.45) is 6.02. The van der Waals surface area contributed by atoms with E-state index < -0.39 is 0 Å². The Hall–Kier alpha value is -0.410. The Kier molecular flexibility index (Phi) is 7.71. The van der Waals surface area contributed by atoms with Crippen LogP contribution in [0.2, 0.25) is 0 Å². The highest BCUT2D eigenvalue weighted by molar-refractivity contribution is 5.53. The highest BCUT2D eigenvalue weighted by Crippen LogP contribution is 2.24. The second-order valence-electron chi connectivity index (χ2n) is 3.62. The summed E-state index contributed by atoms with van der Waals surface area (Å²) < 4.78 is 5.54. The molecule has 1 fully saturated rings. The van der Waals surface area contributed by atoms with Gasteiger partial charge in [-0.3, -0.25) is 0 Å². The van der Waals surface area contributed by atoms with E-state index in [0.29, 0.717) is 19.1 Å². The molecule has 84 valence electrons. The molecular formula is C11H22O3. The molecule has 0 aliphatic heterocycles. The van der Waals surface area contributed by atoms with Gasteiger partial charge >= 0.3 is 0 Å². The van der Waals surface area contributed by atoms with Gasteiger partial charge in [-0.05, 0) is 32.1 Å². The summed E-state index contributed by atoms with van der Waals surface area (Å²) in [5.74, 6) is 0.262. The third-order valence-electron chi connectivity index (χ3n) is 2.57. The molecular weight excluding hydrogens is 180 g/mol. The summed E-state index contributed by atoms with van der Waals surface area (Å²) in [5, 5.41) is 8.55. The van der Waals surface area contributed by atoms with Gasteiger partial charge in [0, 0.05) is 19.1 Å². The van der Waals surface area contributed by atoms with Crippen LogP contribution in [0.15, 0.2) is 0 Å². The minimum atomic E-state index is 0. The maximum absolute atomic E-state index is 10.5. The Labute approximate surface area is 86.5 Å². The maximum atomic E-state index is 10.5. The van der Waals surface area contributed by atoms with Gasteiger partial charge in [0.25, 0.3) is 0 Å². The number of aliphatic hydroxyl groups is 1. The molecule has 0 spiro atoms. The molecule has 1 saturated carbocycles. The molecule has 0 aromatic heterocycles. The van der Waals surface area contributed by atoms with Gasteiger partial charge in [-0.15, -0.1) is 0 Å². The van der Waals surface area contributed by atoms with Crippen LogP contribution in [-0.4, -0.2) is 30.7 Å². The molecule has 0 aromatic rings. The van der Waals surface area contributed by atoms with Gasteiger partial charge in [-0.2, -0.15) is 0 Å². The van der Waals surface area contributed by atoms with E-state index in [1.165, 1.54) is 0 Å². The third-order valence-corrected chi connectivity index (χ3v) is 2.57. The number of hydrogen-bond donors (Lipinski definition) is 1. The Balaban J connectivity index is 0.00000169. The molecule has 1 aliphatic carbocycles. The first-order valence-electron chi connectivity index (χ1n) is 5.04. The first-order valence-corrected chi connectivity index (χ1v) is 5.04. The molecule has 0 radical (unpaired) electrons. The van der Waals surface area contributed by atoms with Gasteiger partial charge in [-0.1, -0.05) is 7.43 Å². The van der Waals surface area contributed by atoms with Crippen molar-refractivity contribution in [2.24, 2.45) is 5.92 Å². The fourth-order valence-corrected chi connectivity index (χ4v) is 1.71. The summed E-state index contributed by atoms with van der Waals surface area (Å²) >= 11 is 0. The van der Waals surface area contributed by atoms with E-state index in [0.717, 1.165) is 32.0 Å². The fourth-order valence-electron chi connectivity index (χ4n) is 1.71. The van der Waals surface area contributed by atoms with Gasteiger partial charge < -0.3 is 14.6 Å². The van der Waals surface area contributed by atoms with Gasteiger partial charge in [0.05, 0.1) is 6.10 Å². The van der Waals surface area contributed by atoms with E-state index in [-0.39, 0.29) is 20.0 Å². The molecule has 0 saturated heterocycles. The molecule has 3 nitrogen and oxygen atoms in total. The average molecular weight is 202 g/mol. The van der Waals surface area contributed by atoms with Crippen LogP contribution in [0.1, 0.15) is 39.5 Å². The number of aldehydes is 1. The maximum Gasteiger partial charge on any atom is 0.123 e. The van der Waals surface area contributed by atoms with Crippen LogP contribution in [-0.2, 0) is 9.53 Å². The zero-order chi connectivity index (χ0) is 9.52. The molecule has 0 bridgehead atoms. The van der Waals surface area contributed by atoms with Crippen molar-refractivity contribution in [3.8, 4) is 0 Å². The van der Waals surface area contributed by atoms with Crippen molar-refractivity contribution in [3.63, 3.8) is 0 Å². The average Bonchev–Trinajstić information content (AvgIpc) is 2.19. The van der Waals surface area contributed by atoms with E-state index >= 15 is 0 Å². The van der Waals surface area contributed by atoms with Crippen LogP contribution in [0.5, 0.6) is 0 Å². The molecule has 1 N–H and O–H groups in total. The van der Waals surface area contributed by atoms with Crippen LogP contribution in [0.4, 0.5) is 0 Å². The zero-order valence-corrected chi connectivity index (χ0v) is 7.95. The van der Waals surface area contributed by atoms with Crippen LogP contribution in [0.3, 0.4) is 0 Å². The van der Waals surface area contributed by atoms with Crippen molar-refractivity contribution in [1.29, 1.82) is 0 Å². The highest BCUT2D eigenvalue weighted by Gasteiger charge is 2.20. The van der Waals surface area contributed by atoms with E-state index in [1.807, 2.05) is 0 Å². The summed E-state index contributed by atoms with van der Waals surface area (Å²) in [5.41, 5.74) is 0. The predicted molar refractivity (Wildman–Crippen MR) is 56.2 cm³/mol. The van der Waals surface area contributed by atoms with Gasteiger partial charge in [0.15, 0.2) is 0 Å². The number of rotatable bonds is 5. The summed E-state index contributed by atoms with van der Waals surface area (Å²) in [6, 6.07) is 0. The number of aliphatic hydroxyl groups excluding tert-OH is 1. The number of carbonyl (C=O) groups is 1. The molecule has 1 rings (SSSR count). The first-order chi connectivity index (χ1) is 6.36. The van der Waals surface area contributed by atoms with Gasteiger partial charge in [-0.25, -0.2) is 0 Å². The molecule has 3 heteroatoms. The normalized spacial score (nSPS) is 26.6. The largest absolute Gasteiger partial charge is 0.396 e. The monoisotopic (exact) mass is 202 g/mol. The third kappa shape index (κ3) is 4.72. The molecule has 14 heavy (non-hydrogen) atoms. The lowest BCUT2D eigenvalue weighted by atomic mass is 9.88. The molecule has 0 aromatic carbocycles. The lowest BCUT2D eigenvalue weighted by molar-refractivity contribution is -0.112. The highest BCUT2D eigenvalue weighted by atomic mass is 16.5. The standard InChI is InChI=1S/C10H18O3.CH4/c11-6-1-7-13-10-4-2-9(8-12)3-5-10;/h8-11H,1-7H2;1H4. The van der Waals surface area contributed by atoms with E-state index in [2.05, 4.69) is 0 Å². The van der Waals surface area contributed by atoms with Gasteiger partial charge in [0.2, 0.25) is 0 Å². The number of hydrogen-bond acceptors (Lipinski definition) is 3. The van der Waals surface area contributed by atoms with E-state index in [9.17, 15) is 4.79 Å². The summed E-state index contributed by atoms with van der Waals surface area (Å²) in [7, 11) is 0. The Morgan fingerprint density at radius 2 is 1.93 bits per heavy atom. The molecule has 0 unspecified atom stereocenters. The SMILES string of the molecule is C.O=CC1CCC(OCCCO)CC1. The minimum absolute atomic E-state index is 0. The molecule has 0 amide bonds. The lowest BCUT2D eigenvalue weighted by Crippen LogP contribution is -2.22. The van der Waals surface area contributed by atoms with Crippen molar-refractivity contribution in [1.82, 2.24) is 0 Å². The van der Waals surface area contributed by atoms with E-state index in [1.54, 1.807) is 0 Å². The van der Waals surface area contributed by atoms with E-state index in [4.69, 9.17) is 9.84 Å². The van der Waals surface area contributed by atoms with Crippen molar-refractivity contribution in [2.75, 3.05) is 13.2 Å². The smallest absolute Gasteiger partial charge is 0.123 e. The van der Waals surface area contributed by atoms with Crippen LogP contribution in [0.25, 0.3) is 0 Å². The molecule has 0 atom stereocenters. The van der Waals surface area contributed by atoms with Crippen LogP contribution < -0.4 is 0 Å². The van der Waals surface area contributed by atoms with Gasteiger partial charge in [0.1, 0.15) is 6.29 Å². The van der Waals surface area contributed by atoms with Crippen LogP contribution >= 0.6 is 0 Å². The minimum Gasteiger partial charge on any atom is -0.396 e. The zero-order valence-electron chi connectivity index (χ0n) is 7.95. The number of ether oxygens (including phenoxy) is 1. The summed E-state index contributed by atoms with van der Waals surface area (Å²) in [4.78, 5) is 10.5. The van der Waals surface area contributed by atoms with Crippen molar-refractivity contribution >= 4 is 6.29 Å². The van der Waals surface area contributed by atoms with Crippen molar-refractivity contribution in [2.45, 2.75) is 45.6 Å². The second-order valence-corrected chi connectivity index (χ2v) is 3.62. The summed E-state index contributed by atoms with van der Waals surface area (Å²) in [6.45, 7) is 0.844. The topological polar surface area (TPSA) is 46.5 Å². The molecule has 1 aliphatic rings. The van der Waals surface area contributed by atoms with Crippen molar-refractivity contribution in [3.05, 3.63) is 0 Å².